The quantitative estimate of drug-likeness (QED) is 0.871. The van der Waals surface area contributed by atoms with E-state index in [4.69, 9.17) is 5.11 Å². The number of carboxylic acid groups (broad SMARTS) is 1. The molecule has 2 rings (SSSR count). The minimum atomic E-state index is -0.758. The first-order valence-corrected chi connectivity index (χ1v) is 6.82. The van der Waals surface area contributed by atoms with Crippen molar-refractivity contribution >= 4 is 17.3 Å². The number of thiophene rings is 1. The summed E-state index contributed by atoms with van der Waals surface area (Å²) in [6.45, 7) is 4.50. The second kappa shape index (κ2) is 4.21. The van der Waals surface area contributed by atoms with Crippen molar-refractivity contribution in [1.82, 2.24) is 0 Å². The van der Waals surface area contributed by atoms with Gasteiger partial charge >= 0.3 is 5.97 Å². The van der Waals surface area contributed by atoms with Crippen LogP contribution in [0.15, 0.2) is 5.38 Å². The summed E-state index contributed by atoms with van der Waals surface area (Å²) >= 11 is 1.40. The molecule has 0 spiro atoms. The predicted molar refractivity (Wildman–Crippen MR) is 66.3 cm³/mol. The maximum absolute atomic E-state index is 11.0. The van der Waals surface area contributed by atoms with Gasteiger partial charge in [-0.15, -0.1) is 11.3 Å². The number of hydrogen-bond donors (Lipinski definition) is 1. The summed E-state index contributed by atoms with van der Waals surface area (Å²) in [5.41, 5.74) is 2.82. The van der Waals surface area contributed by atoms with Crippen LogP contribution in [0.2, 0.25) is 0 Å². The third-order valence-electron chi connectivity index (χ3n) is 4.15. The van der Waals surface area contributed by atoms with E-state index in [1.165, 1.54) is 29.7 Å². The summed E-state index contributed by atoms with van der Waals surface area (Å²) in [5.74, 6) is -0.758. The van der Waals surface area contributed by atoms with Gasteiger partial charge in [-0.05, 0) is 41.2 Å². The minimum Gasteiger partial charge on any atom is -0.477 e. The van der Waals surface area contributed by atoms with E-state index >= 15 is 0 Å². The molecule has 0 aromatic carbocycles. The van der Waals surface area contributed by atoms with Gasteiger partial charge in [-0.1, -0.05) is 26.7 Å². The summed E-state index contributed by atoms with van der Waals surface area (Å²) in [7, 11) is 0. The molecule has 0 unspecified atom stereocenters. The molecule has 2 nitrogen and oxygen atoms in total. The van der Waals surface area contributed by atoms with Crippen LogP contribution < -0.4 is 0 Å². The molecule has 1 aliphatic carbocycles. The van der Waals surface area contributed by atoms with E-state index in [1.54, 1.807) is 0 Å². The molecule has 0 aliphatic heterocycles. The van der Waals surface area contributed by atoms with Crippen LogP contribution in [0, 0.1) is 5.41 Å². The van der Waals surface area contributed by atoms with E-state index in [9.17, 15) is 4.79 Å². The van der Waals surface area contributed by atoms with Gasteiger partial charge in [0.25, 0.3) is 0 Å². The topological polar surface area (TPSA) is 37.3 Å². The van der Waals surface area contributed by atoms with Gasteiger partial charge in [0.05, 0.1) is 0 Å². The monoisotopic (exact) mass is 238 g/mol. The van der Waals surface area contributed by atoms with Crippen LogP contribution in [0.3, 0.4) is 0 Å². The second-order valence-electron chi connectivity index (χ2n) is 4.76. The number of rotatable bonds is 3. The number of hydrogen-bond acceptors (Lipinski definition) is 2. The van der Waals surface area contributed by atoms with Crippen molar-refractivity contribution in [3.63, 3.8) is 0 Å². The van der Waals surface area contributed by atoms with Gasteiger partial charge in [0.15, 0.2) is 0 Å². The van der Waals surface area contributed by atoms with Crippen LogP contribution in [-0.4, -0.2) is 11.1 Å². The molecule has 1 aromatic rings. The lowest BCUT2D eigenvalue weighted by molar-refractivity contribution is 0.0700. The summed E-state index contributed by atoms with van der Waals surface area (Å²) in [6.07, 6.45) is 5.55. The molecule has 1 aliphatic rings. The fraction of sp³-hybridized carbons (Fsp3) is 0.615. The Morgan fingerprint density at radius 2 is 2.19 bits per heavy atom. The standard InChI is InChI=1S/C13H18O2S/c1-3-13(4-2)6-5-10-9(7-13)8-16-11(10)12(14)15/h8H,3-7H2,1-2H3,(H,14,15). The molecule has 0 saturated heterocycles. The van der Waals surface area contributed by atoms with E-state index in [2.05, 4.69) is 19.2 Å². The van der Waals surface area contributed by atoms with Crippen LogP contribution in [0.25, 0.3) is 0 Å². The highest BCUT2D eigenvalue weighted by atomic mass is 32.1. The van der Waals surface area contributed by atoms with Crippen molar-refractivity contribution in [2.24, 2.45) is 5.41 Å². The lowest BCUT2D eigenvalue weighted by Crippen LogP contribution is -2.27. The molecule has 0 radical (unpaired) electrons. The largest absolute Gasteiger partial charge is 0.477 e. The van der Waals surface area contributed by atoms with Crippen LogP contribution >= 0.6 is 11.3 Å². The van der Waals surface area contributed by atoms with E-state index in [1.807, 2.05) is 0 Å². The van der Waals surface area contributed by atoms with Gasteiger partial charge in [-0.25, -0.2) is 4.79 Å². The van der Waals surface area contributed by atoms with Gasteiger partial charge < -0.3 is 5.11 Å². The van der Waals surface area contributed by atoms with Crippen LogP contribution in [0.4, 0.5) is 0 Å². The van der Waals surface area contributed by atoms with E-state index in [0.717, 1.165) is 24.8 Å². The molecular weight excluding hydrogens is 220 g/mol. The summed E-state index contributed by atoms with van der Waals surface area (Å²) in [5, 5.41) is 11.1. The van der Waals surface area contributed by atoms with E-state index < -0.39 is 5.97 Å². The SMILES string of the molecule is CCC1(CC)CCc2c(csc2C(=O)O)C1. The van der Waals surface area contributed by atoms with Crippen molar-refractivity contribution in [1.29, 1.82) is 0 Å². The molecular formula is C13H18O2S. The molecule has 0 amide bonds. The summed E-state index contributed by atoms with van der Waals surface area (Å²) in [4.78, 5) is 11.6. The van der Waals surface area contributed by atoms with E-state index in [0.29, 0.717) is 10.3 Å². The fourth-order valence-electron chi connectivity index (χ4n) is 2.76. The van der Waals surface area contributed by atoms with Gasteiger partial charge in [-0.2, -0.15) is 0 Å². The first kappa shape index (κ1) is 11.6. The molecule has 0 saturated carbocycles. The Balaban J connectivity index is 2.32. The zero-order valence-corrected chi connectivity index (χ0v) is 10.7. The van der Waals surface area contributed by atoms with Crippen molar-refractivity contribution < 1.29 is 9.90 Å². The zero-order chi connectivity index (χ0) is 11.8. The molecule has 0 atom stereocenters. The second-order valence-corrected chi connectivity index (χ2v) is 5.64. The lowest BCUT2D eigenvalue weighted by atomic mass is 9.69. The average Bonchev–Trinajstić information content (AvgIpc) is 2.71. The Morgan fingerprint density at radius 1 is 1.50 bits per heavy atom. The Labute approximate surface area is 100 Å². The fourth-order valence-corrected chi connectivity index (χ4v) is 3.72. The van der Waals surface area contributed by atoms with E-state index in [-0.39, 0.29) is 0 Å². The maximum atomic E-state index is 11.0. The first-order valence-electron chi connectivity index (χ1n) is 5.94. The normalized spacial score (nSPS) is 18.1. The molecule has 16 heavy (non-hydrogen) atoms. The number of fused-ring (bicyclic) bond motifs is 1. The molecule has 0 bridgehead atoms. The molecule has 0 fully saturated rings. The Morgan fingerprint density at radius 3 is 2.75 bits per heavy atom. The predicted octanol–water partition coefficient (Wildman–Crippen LogP) is 3.74. The first-order chi connectivity index (χ1) is 7.62. The minimum absolute atomic E-state index is 0.420. The maximum Gasteiger partial charge on any atom is 0.346 e. The summed E-state index contributed by atoms with van der Waals surface area (Å²) in [6, 6.07) is 0. The third kappa shape index (κ3) is 1.77. The zero-order valence-electron chi connectivity index (χ0n) is 9.88. The molecule has 3 heteroatoms. The van der Waals surface area contributed by atoms with Crippen LogP contribution in [-0.2, 0) is 12.8 Å². The highest BCUT2D eigenvalue weighted by molar-refractivity contribution is 7.12. The molecule has 1 aromatic heterocycles. The Bertz CT molecular complexity index is 402. The average molecular weight is 238 g/mol. The van der Waals surface area contributed by atoms with Crippen molar-refractivity contribution in [3.05, 3.63) is 21.4 Å². The van der Waals surface area contributed by atoms with Crippen molar-refractivity contribution in [3.8, 4) is 0 Å². The van der Waals surface area contributed by atoms with Gasteiger partial charge in [0, 0.05) is 0 Å². The molecule has 88 valence electrons. The van der Waals surface area contributed by atoms with Gasteiger partial charge in [-0.3, -0.25) is 0 Å². The molecule has 1 heterocycles. The van der Waals surface area contributed by atoms with Gasteiger partial charge in [0.1, 0.15) is 4.88 Å². The Hall–Kier alpha value is -0.830. The van der Waals surface area contributed by atoms with Crippen LogP contribution in [0.5, 0.6) is 0 Å². The Kier molecular flexibility index (Phi) is 3.06. The smallest absolute Gasteiger partial charge is 0.346 e. The number of carboxylic acids is 1. The van der Waals surface area contributed by atoms with Crippen LogP contribution in [0.1, 0.15) is 53.9 Å². The third-order valence-corrected chi connectivity index (χ3v) is 5.20. The highest BCUT2D eigenvalue weighted by Crippen LogP contribution is 2.43. The lowest BCUT2D eigenvalue weighted by Gasteiger charge is -2.35. The molecule has 1 N–H and O–H groups in total. The van der Waals surface area contributed by atoms with Crippen molar-refractivity contribution in [2.45, 2.75) is 46.0 Å². The number of carbonyl (C=O) groups is 1. The number of aromatic carboxylic acids is 1. The van der Waals surface area contributed by atoms with Gasteiger partial charge in [0.2, 0.25) is 0 Å². The van der Waals surface area contributed by atoms with Crippen molar-refractivity contribution in [2.75, 3.05) is 0 Å². The summed E-state index contributed by atoms with van der Waals surface area (Å²) < 4.78 is 0. The highest BCUT2D eigenvalue weighted by Gasteiger charge is 2.33.